The van der Waals surface area contributed by atoms with Crippen LogP contribution in [-0.2, 0) is 14.4 Å². The van der Waals surface area contributed by atoms with Gasteiger partial charge >= 0.3 is 5.97 Å². The van der Waals surface area contributed by atoms with E-state index in [1.54, 1.807) is 6.92 Å². The summed E-state index contributed by atoms with van der Waals surface area (Å²) < 4.78 is 0. The van der Waals surface area contributed by atoms with E-state index in [1.807, 2.05) is 0 Å². The molecule has 1 atom stereocenters. The third-order valence-electron chi connectivity index (χ3n) is 2.72. The number of hydrogen-bond acceptors (Lipinski definition) is 4. The highest BCUT2D eigenvalue weighted by molar-refractivity contribution is 8.00. The van der Waals surface area contributed by atoms with E-state index in [4.69, 9.17) is 5.11 Å². The van der Waals surface area contributed by atoms with Crippen LogP contribution in [0.5, 0.6) is 0 Å². The van der Waals surface area contributed by atoms with E-state index in [1.165, 1.54) is 16.7 Å². The van der Waals surface area contributed by atoms with Gasteiger partial charge < -0.3 is 15.3 Å². The van der Waals surface area contributed by atoms with Crippen LogP contribution in [0.2, 0.25) is 0 Å². The Morgan fingerprint density at radius 1 is 1.56 bits per heavy atom. The molecule has 1 aliphatic heterocycles. The molecule has 1 saturated heterocycles. The van der Waals surface area contributed by atoms with Gasteiger partial charge in [-0.25, -0.2) is 0 Å². The predicted molar refractivity (Wildman–Crippen MR) is 68.1 cm³/mol. The molecule has 102 valence electrons. The Hall–Kier alpha value is -1.24. The van der Waals surface area contributed by atoms with E-state index in [9.17, 15) is 14.4 Å². The van der Waals surface area contributed by atoms with Crippen LogP contribution in [0.1, 0.15) is 19.8 Å². The summed E-state index contributed by atoms with van der Waals surface area (Å²) in [6, 6.07) is 0. The summed E-state index contributed by atoms with van der Waals surface area (Å²) in [4.78, 5) is 34.8. The van der Waals surface area contributed by atoms with Crippen molar-refractivity contribution in [2.75, 3.05) is 24.7 Å². The molecule has 2 amide bonds. The van der Waals surface area contributed by atoms with Crippen LogP contribution >= 0.6 is 11.8 Å². The van der Waals surface area contributed by atoms with Crippen molar-refractivity contribution in [1.82, 2.24) is 10.2 Å². The maximum absolute atomic E-state index is 11.5. The van der Waals surface area contributed by atoms with Gasteiger partial charge in [-0.2, -0.15) is 0 Å². The molecule has 0 aromatic heterocycles. The van der Waals surface area contributed by atoms with Gasteiger partial charge in [0.05, 0.1) is 17.5 Å². The lowest BCUT2D eigenvalue weighted by molar-refractivity contribution is -0.141. The van der Waals surface area contributed by atoms with Gasteiger partial charge in [0, 0.05) is 6.54 Å². The molecule has 1 fully saturated rings. The lowest BCUT2D eigenvalue weighted by Crippen LogP contribution is -2.38. The molecule has 18 heavy (non-hydrogen) atoms. The molecule has 0 spiro atoms. The molecule has 7 heteroatoms. The van der Waals surface area contributed by atoms with Crippen molar-refractivity contribution in [2.24, 2.45) is 5.92 Å². The quantitative estimate of drug-likeness (QED) is 0.645. The van der Waals surface area contributed by atoms with Gasteiger partial charge in [0.15, 0.2) is 0 Å². The Morgan fingerprint density at radius 2 is 2.28 bits per heavy atom. The van der Waals surface area contributed by atoms with Crippen LogP contribution in [0.3, 0.4) is 0 Å². The first-order valence-electron chi connectivity index (χ1n) is 5.85. The van der Waals surface area contributed by atoms with Crippen LogP contribution in [0.4, 0.5) is 0 Å². The monoisotopic (exact) mass is 274 g/mol. The first-order chi connectivity index (χ1) is 8.50. The van der Waals surface area contributed by atoms with E-state index in [2.05, 4.69) is 5.32 Å². The minimum Gasteiger partial charge on any atom is -0.481 e. The largest absolute Gasteiger partial charge is 0.481 e. The zero-order chi connectivity index (χ0) is 13.5. The molecule has 0 aromatic rings. The fraction of sp³-hybridized carbons (Fsp3) is 0.727. The smallest absolute Gasteiger partial charge is 0.306 e. The number of carbonyl (C=O) groups is 3. The lowest BCUT2D eigenvalue weighted by atomic mass is 10.1. The topological polar surface area (TPSA) is 86.7 Å². The number of aliphatic carboxylic acids is 1. The molecule has 0 saturated carbocycles. The van der Waals surface area contributed by atoms with Gasteiger partial charge in [-0.3, -0.25) is 14.4 Å². The molecule has 0 radical (unpaired) electrons. The number of nitrogens with zero attached hydrogens (tertiary/aromatic N) is 1. The van der Waals surface area contributed by atoms with E-state index in [0.717, 1.165) is 0 Å². The predicted octanol–water partition coefficient (Wildman–Crippen LogP) is 0.136. The van der Waals surface area contributed by atoms with Crippen molar-refractivity contribution in [1.29, 1.82) is 0 Å². The fourth-order valence-corrected chi connectivity index (χ4v) is 2.43. The normalized spacial score (nSPS) is 16.7. The van der Waals surface area contributed by atoms with E-state index in [-0.39, 0.29) is 18.4 Å². The molecular weight excluding hydrogens is 256 g/mol. The Labute approximate surface area is 110 Å². The number of carbonyl (C=O) groups excluding carboxylic acids is 2. The van der Waals surface area contributed by atoms with Crippen molar-refractivity contribution in [2.45, 2.75) is 19.8 Å². The second kappa shape index (κ2) is 7.25. The number of amides is 2. The van der Waals surface area contributed by atoms with Crippen LogP contribution in [0, 0.1) is 5.92 Å². The van der Waals surface area contributed by atoms with Crippen LogP contribution in [-0.4, -0.2) is 52.5 Å². The number of rotatable bonds is 7. The average Bonchev–Trinajstić information content (AvgIpc) is 2.70. The molecule has 1 aliphatic rings. The minimum atomic E-state index is -0.819. The summed E-state index contributed by atoms with van der Waals surface area (Å²) in [6.45, 7) is 2.19. The zero-order valence-electron chi connectivity index (χ0n) is 10.3. The maximum atomic E-state index is 11.5. The van der Waals surface area contributed by atoms with Gasteiger partial charge in [-0.1, -0.05) is 6.92 Å². The van der Waals surface area contributed by atoms with Crippen LogP contribution in [0.25, 0.3) is 0 Å². The Kier molecular flexibility index (Phi) is 5.97. The van der Waals surface area contributed by atoms with Gasteiger partial charge in [0.1, 0.15) is 6.54 Å². The molecular formula is C11H18N2O4S. The molecule has 0 aliphatic carbocycles. The summed E-state index contributed by atoms with van der Waals surface area (Å²) in [5, 5.41) is 11.4. The summed E-state index contributed by atoms with van der Waals surface area (Å²) in [5.74, 6) is -0.380. The van der Waals surface area contributed by atoms with E-state index < -0.39 is 11.9 Å². The maximum Gasteiger partial charge on any atom is 0.306 e. The van der Waals surface area contributed by atoms with Crippen molar-refractivity contribution in [3.63, 3.8) is 0 Å². The fourth-order valence-electron chi connectivity index (χ4n) is 1.53. The van der Waals surface area contributed by atoms with Crippen molar-refractivity contribution in [3.05, 3.63) is 0 Å². The number of hydrogen-bond donors (Lipinski definition) is 2. The second-order valence-electron chi connectivity index (χ2n) is 4.30. The third kappa shape index (κ3) is 4.95. The molecule has 6 nitrogen and oxygen atoms in total. The average molecular weight is 274 g/mol. The van der Waals surface area contributed by atoms with Crippen LogP contribution < -0.4 is 5.32 Å². The number of thioether (sulfide) groups is 1. The van der Waals surface area contributed by atoms with E-state index >= 15 is 0 Å². The van der Waals surface area contributed by atoms with Crippen LogP contribution in [0.15, 0.2) is 0 Å². The molecule has 1 heterocycles. The highest BCUT2D eigenvalue weighted by Crippen LogP contribution is 2.13. The first kappa shape index (κ1) is 14.8. The summed E-state index contributed by atoms with van der Waals surface area (Å²) in [6.07, 6.45) is 1.16. The van der Waals surface area contributed by atoms with Gasteiger partial charge in [0.25, 0.3) is 0 Å². The van der Waals surface area contributed by atoms with Gasteiger partial charge in [-0.05, 0) is 12.8 Å². The van der Waals surface area contributed by atoms with Crippen molar-refractivity contribution in [3.8, 4) is 0 Å². The molecule has 1 unspecified atom stereocenters. The molecule has 0 aromatic carbocycles. The summed E-state index contributed by atoms with van der Waals surface area (Å²) in [5.41, 5.74) is 0. The number of carboxylic acid groups (broad SMARTS) is 1. The highest BCUT2D eigenvalue weighted by Gasteiger charge is 2.22. The van der Waals surface area contributed by atoms with Gasteiger partial charge in [-0.15, -0.1) is 11.8 Å². The van der Waals surface area contributed by atoms with Gasteiger partial charge in [0.2, 0.25) is 11.8 Å². The highest BCUT2D eigenvalue weighted by atomic mass is 32.2. The Bertz CT molecular complexity index is 335. The third-order valence-corrected chi connectivity index (χ3v) is 3.66. The molecule has 2 N–H and O–H groups in total. The zero-order valence-corrected chi connectivity index (χ0v) is 11.2. The minimum absolute atomic E-state index is 0.00495. The summed E-state index contributed by atoms with van der Waals surface area (Å²) >= 11 is 1.50. The Morgan fingerprint density at radius 3 is 2.83 bits per heavy atom. The Balaban J connectivity index is 2.10. The van der Waals surface area contributed by atoms with E-state index in [0.29, 0.717) is 31.0 Å². The number of carboxylic acids is 1. The lowest BCUT2D eigenvalue weighted by Gasteiger charge is -2.14. The first-order valence-corrected chi connectivity index (χ1v) is 7.01. The van der Waals surface area contributed by atoms with Crippen molar-refractivity contribution >= 4 is 29.5 Å². The van der Waals surface area contributed by atoms with Crippen molar-refractivity contribution < 1.29 is 19.5 Å². The standard InChI is InChI=1S/C11H18N2O4S/c1-8(11(16)17)3-2-4-12-9(14)5-13-7-18-6-10(13)15/h8H,2-7H2,1H3,(H,12,14)(H,16,17). The summed E-state index contributed by atoms with van der Waals surface area (Å²) in [7, 11) is 0. The molecule has 1 rings (SSSR count). The molecule has 0 bridgehead atoms. The SMILES string of the molecule is CC(CCCNC(=O)CN1CSCC1=O)C(=O)O. The number of nitrogens with one attached hydrogen (secondary N) is 1. The second-order valence-corrected chi connectivity index (χ2v) is 5.26.